The molecule has 2 aromatic rings. The Hall–Kier alpha value is -1.83. The predicted molar refractivity (Wildman–Crippen MR) is 56.1 cm³/mol. The van der Waals surface area contributed by atoms with E-state index in [2.05, 4.69) is 0 Å². The van der Waals surface area contributed by atoms with Crippen LogP contribution in [0.2, 0.25) is 0 Å². The zero-order valence-electron chi connectivity index (χ0n) is 7.60. The van der Waals surface area contributed by atoms with Gasteiger partial charge in [-0.2, -0.15) is 5.12 Å². The summed E-state index contributed by atoms with van der Waals surface area (Å²) in [6.07, 6.45) is 0. The Morgan fingerprint density at radius 2 is 1.00 bits per heavy atom. The van der Waals surface area contributed by atoms with Gasteiger partial charge in [0.15, 0.2) is 0 Å². The molecule has 0 fully saturated rings. The molecule has 0 unspecified atom stereocenters. The maximum absolute atomic E-state index is 13.7. The third-order valence-electron chi connectivity index (χ3n) is 1.97. The lowest BCUT2D eigenvalue weighted by molar-refractivity contribution is 0.505. The number of halogens is 1. The van der Waals surface area contributed by atoms with Crippen LogP contribution >= 0.6 is 0 Å². The maximum atomic E-state index is 13.7. The number of para-hydroxylation sites is 2. The van der Waals surface area contributed by atoms with Gasteiger partial charge < -0.3 is 0 Å². The molecule has 0 atom stereocenters. The van der Waals surface area contributed by atoms with Crippen molar-refractivity contribution in [2.24, 2.45) is 0 Å². The highest BCUT2D eigenvalue weighted by Gasteiger charge is 2.05. The van der Waals surface area contributed by atoms with Crippen LogP contribution in [0.3, 0.4) is 0 Å². The van der Waals surface area contributed by atoms with Crippen molar-refractivity contribution in [2.45, 2.75) is 0 Å². The fraction of sp³-hybridized carbons (Fsp3) is 0. The molecule has 0 heterocycles. The zero-order chi connectivity index (χ0) is 9.80. The van der Waals surface area contributed by atoms with Crippen molar-refractivity contribution in [1.29, 1.82) is 0 Å². The van der Waals surface area contributed by atoms with Crippen LogP contribution in [0.1, 0.15) is 0 Å². The normalized spacial score (nSPS) is 9.79. The minimum Gasteiger partial charge on any atom is -0.180 e. The molecule has 0 saturated heterocycles. The monoisotopic (exact) mass is 187 g/mol. The Balaban J connectivity index is 2.30. The summed E-state index contributed by atoms with van der Waals surface area (Å²) in [4.78, 5) is 0. The molecule has 0 amide bonds. The van der Waals surface area contributed by atoms with Gasteiger partial charge in [0.25, 0.3) is 0 Å². The smallest absolute Gasteiger partial charge is 0.0746 e. The summed E-state index contributed by atoms with van der Waals surface area (Å²) >= 11 is 0. The van der Waals surface area contributed by atoms with E-state index >= 15 is 0 Å². The zero-order valence-corrected chi connectivity index (χ0v) is 7.60. The van der Waals surface area contributed by atoms with E-state index in [1.165, 1.54) is 0 Å². The molecule has 2 aromatic carbocycles. The summed E-state index contributed by atoms with van der Waals surface area (Å²) in [5.41, 5.74) is 1.08. The summed E-state index contributed by atoms with van der Waals surface area (Å²) in [5, 5.41) is 0.667. The van der Waals surface area contributed by atoms with Crippen molar-refractivity contribution in [3.63, 3.8) is 0 Å². The summed E-state index contributed by atoms with van der Waals surface area (Å²) in [6, 6.07) is 17.9. The van der Waals surface area contributed by atoms with Gasteiger partial charge >= 0.3 is 0 Å². The van der Waals surface area contributed by atoms with Gasteiger partial charge in [-0.3, -0.25) is 0 Å². The van der Waals surface area contributed by atoms with Crippen LogP contribution < -0.4 is 5.12 Å². The average Bonchev–Trinajstić information content (AvgIpc) is 2.30. The molecule has 0 aromatic heterocycles. The fourth-order valence-electron chi connectivity index (χ4n) is 1.27. The molecule has 0 bridgehead atoms. The average molecular weight is 187 g/mol. The summed E-state index contributed by atoms with van der Waals surface area (Å²) in [5.74, 6) is 0. The quantitative estimate of drug-likeness (QED) is 0.648. The van der Waals surface area contributed by atoms with Gasteiger partial charge in [0.1, 0.15) is 0 Å². The van der Waals surface area contributed by atoms with Crippen LogP contribution in [0.5, 0.6) is 0 Å². The maximum Gasteiger partial charge on any atom is 0.0746 e. The Morgan fingerprint density at radius 1 is 0.643 bits per heavy atom. The van der Waals surface area contributed by atoms with Gasteiger partial charge in [-0.15, -0.1) is 0 Å². The Kier molecular flexibility index (Phi) is 2.45. The van der Waals surface area contributed by atoms with E-state index in [0.717, 1.165) is 0 Å². The van der Waals surface area contributed by atoms with Crippen molar-refractivity contribution in [2.75, 3.05) is 5.12 Å². The molecule has 0 aliphatic carbocycles. The van der Waals surface area contributed by atoms with Gasteiger partial charge in [-0.05, 0) is 24.3 Å². The molecule has 2 heteroatoms. The van der Waals surface area contributed by atoms with E-state index in [0.29, 0.717) is 16.5 Å². The van der Waals surface area contributed by atoms with Crippen LogP contribution in [-0.2, 0) is 0 Å². The topological polar surface area (TPSA) is 3.24 Å². The molecule has 0 saturated carbocycles. The molecule has 0 radical (unpaired) electrons. The molecule has 14 heavy (non-hydrogen) atoms. The van der Waals surface area contributed by atoms with Crippen molar-refractivity contribution < 1.29 is 4.48 Å². The van der Waals surface area contributed by atoms with E-state index in [-0.39, 0.29) is 0 Å². The minimum absolute atomic E-state index is 0.540. The SMILES string of the molecule is FN(c1ccccc1)c1ccccc1. The molecule has 0 N–H and O–H groups in total. The molecular formula is C12H10FN. The van der Waals surface area contributed by atoms with Crippen molar-refractivity contribution >= 4 is 11.4 Å². The van der Waals surface area contributed by atoms with Crippen LogP contribution in [0, 0.1) is 0 Å². The number of hydrogen-bond donors (Lipinski definition) is 0. The highest BCUT2D eigenvalue weighted by molar-refractivity contribution is 5.59. The minimum atomic E-state index is 0.540. The van der Waals surface area contributed by atoms with E-state index in [4.69, 9.17) is 0 Å². The number of hydrogen-bond acceptors (Lipinski definition) is 1. The predicted octanol–water partition coefficient (Wildman–Crippen LogP) is 3.71. The second kappa shape index (κ2) is 3.92. The number of anilines is 2. The first-order chi connectivity index (χ1) is 6.88. The first kappa shape index (κ1) is 8.75. The molecule has 1 nitrogen and oxygen atoms in total. The lowest BCUT2D eigenvalue weighted by Gasteiger charge is -2.12. The van der Waals surface area contributed by atoms with Gasteiger partial charge in [-0.25, -0.2) is 0 Å². The van der Waals surface area contributed by atoms with Crippen molar-refractivity contribution in [3.05, 3.63) is 60.7 Å². The standard InChI is InChI=1S/C12H10FN/c13-14(11-7-3-1-4-8-11)12-9-5-2-6-10-12/h1-10H. The van der Waals surface area contributed by atoms with E-state index in [1.54, 1.807) is 24.3 Å². The van der Waals surface area contributed by atoms with Crippen molar-refractivity contribution in [1.82, 2.24) is 0 Å². The van der Waals surface area contributed by atoms with Crippen LogP contribution in [-0.4, -0.2) is 0 Å². The van der Waals surface area contributed by atoms with Crippen LogP contribution in [0.25, 0.3) is 0 Å². The lowest BCUT2D eigenvalue weighted by Crippen LogP contribution is -2.02. The second-order valence-corrected chi connectivity index (χ2v) is 2.95. The third-order valence-corrected chi connectivity index (χ3v) is 1.97. The van der Waals surface area contributed by atoms with Gasteiger partial charge in [0, 0.05) is 0 Å². The molecular weight excluding hydrogens is 177 g/mol. The lowest BCUT2D eigenvalue weighted by atomic mass is 10.3. The molecule has 0 aliphatic heterocycles. The summed E-state index contributed by atoms with van der Waals surface area (Å²) in [6.45, 7) is 0. The second-order valence-electron chi connectivity index (χ2n) is 2.95. The molecule has 0 aliphatic rings. The van der Waals surface area contributed by atoms with Crippen molar-refractivity contribution in [3.8, 4) is 0 Å². The summed E-state index contributed by atoms with van der Waals surface area (Å²) in [7, 11) is 0. The van der Waals surface area contributed by atoms with Gasteiger partial charge in [-0.1, -0.05) is 40.9 Å². The number of nitrogens with zero attached hydrogens (tertiary/aromatic N) is 1. The Bertz CT molecular complexity index is 346. The molecule has 2 rings (SSSR count). The highest BCUT2D eigenvalue weighted by Crippen LogP contribution is 2.24. The fourth-order valence-corrected chi connectivity index (χ4v) is 1.27. The first-order valence-corrected chi connectivity index (χ1v) is 4.44. The van der Waals surface area contributed by atoms with Gasteiger partial charge in [0.2, 0.25) is 0 Å². The van der Waals surface area contributed by atoms with E-state index < -0.39 is 0 Å². The number of rotatable bonds is 2. The van der Waals surface area contributed by atoms with Crippen LogP contribution in [0.15, 0.2) is 60.7 Å². The number of benzene rings is 2. The van der Waals surface area contributed by atoms with E-state index in [1.807, 2.05) is 36.4 Å². The largest absolute Gasteiger partial charge is 0.180 e. The van der Waals surface area contributed by atoms with Crippen LogP contribution in [0.4, 0.5) is 15.9 Å². The van der Waals surface area contributed by atoms with E-state index in [9.17, 15) is 4.48 Å². The Morgan fingerprint density at radius 3 is 1.36 bits per heavy atom. The first-order valence-electron chi connectivity index (χ1n) is 4.44. The highest BCUT2D eigenvalue weighted by atomic mass is 19.2. The summed E-state index contributed by atoms with van der Waals surface area (Å²) < 4.78 is 13.7. The molecule has 70 valence electrons. The molecule has 0 spiro atoms. The Labute approximate surface area is 82.3 Å². The third kappa shape index (κ3) is 1.74. The van der Waals surface area contributed by atoms with Gasteiger partial charge in [0.05, 0.1) is 11.4 Å².